The molecule has 0 saturated carbocycles. The standard InChI is InChI=1S/C20H22N2OS/c1-12-6-8-16(14(3)10-12)11-18(23)21-20-22(5)19-15(4)13(2)7-9-17(19)24-20/h6-10H,11H2,1-5H3. The molecular formula is C20H22N2OS. The largest absolute Gasteiger partial charge is 0.319 e. The van der Waals surface area contributed by atoms with Crippen LogP contribution in [0.4, 0.5) is 0 Å². The highest BCUT2D eigenvalue weighted by Gasteiger charge is 2.10. The number of nitrogens with zero attached hydrogens (tertiary/aromatic N) is 2. The molecule has 0 aliphatic heterocycles. The van der Waals surface area contributed by atoms with Crippen molar-refractivity contribution in [3.63, 3.8) is 0 Å². The van der Waals surface area contributed by atoms with Gasteiger partial charge >= 0.3 is 0 Å². The van der Waals surface area contributed by atoms with Gasteiger partial charge in [0.05, 0.1) is 16.6 Å². The average Bonchev–Trinajstić information content (AvgIpc) is 2.83. The molecule has 0 radical (unpaired) electrons. The number of aryl methyl sites for hydroxylation is 5. The van der Waals surface area contributed by atoms with Crippen molar-refractivity contribution in [1.82, 2.24) is 4.57 Å². The zero-order chi connectivity index (χ0) is 17.4. The van der Waals surface area contributed by atoms with E-state index < -0.39 is 0 Å². The highest BCUT2D eigenvalue weighted by molar-refractivity contribution is 7.16. The van der Waals surface area contributed by atoms with Crippen LogP contribution in [0.3, 0.4) is 0 Å². The SMILES string of the molecule is Cc1ccc(CC(=O)N=c2sc3ccc(C)c(C)c3n2C)c(C)c1. The van der Waals surface area contributed by atoms with E-state index in [4.69, 9.17) is 0 Å². The lowest BCUT2D eigenvalue weighted by Gasteiger charge is -2.04. The van der Waals surface area contributed by atoms with E-state index in [1.165, 1.54) is 21.4 Å². The van der Waals surface area contributed by atoms with Crippen molar-refractivity contribution in [3.05, 3.63) is 63.0 Å². The maximum atomic E-state index is 12.4. The van der Waals surface area contributed by atoms with Crippen LogP contribution < -0.4 is 4.80 Å². The molecule has 0 aliphatic carbocycles. The Bertz CT molecular complexity index is 1010. The molecule has 3 rings (SSSR count). The number of carbonyl (C=O) groups excluding carboxylic acids is 1. The first kappa shape index (κ1) is 16.7. The number of aromatic nitrogens is 1. The maximum absolute atomic E-state index is 12.4. The van der Waals surface area contributed by atoms with Crippen molar-refractivity contribution in [2.75, 3.05) is 0 Å². The molecule has 0 unspecified atom stereocenters. The minimum absolute atomic E-state index is 0.0986. The molecule has 1 aromatic heterocycles. The predicted molar refractivity (Wildman–Crippen MR) is 100 cm³/mol. The molecule has 0 bridgehead atoms. The molecule has 0 spiro atoms. The van der Waals surface area contributed by atoms with Gasteiger partial charge in [-0.15, -0.1) is 0 Å². The van der Waals surface area contributed by atoms with Crippen LogP contribution >= 0.6 is 11.3 Å². The Hall–Kier alpha value is -2.20. The zero-order valence-electron chi connectivity index (χ0n) is 14.8. The Morgan fingerprint density at radius 2 is 1.83 bits per heavy atom. The topological polar surface area (TPSA) is 34.4 Å². The van der Waals surface area contributed by atoms with E-state index in [9.17, 15) is 4.79 Å². The number of hydrogen-bond donors (Lipinski definition) is 0. The molecule has 3 aromatic rings. The summed E-state index contributed by atoms with van der Waals surface area (Å²) in [4.78, 5) is 17.6. The zero-order valence-corrected chi connectivity index (χ0v) is 15.6. The Morgan fingerprint density at radius 3 is 2.54 bits per heavy atom. The summed E-state index contributed by atoms with van der Waals surface area (Å²) in [6.07, 6.45) is 0.346. The summed E-state index contributed by atoms with van der Waals surface area (Å²) < 4.78 is 3.20. The number of rotatable bonds is 2. The summed E-state index contributed by atoms with van der Waals surface area (Å²) in [5.74, 6) is -0.0986. The smallest absolute Gasteiger partial charge is 0.252 e. The number of fused-ring (bicyclic) bond motifs is 1. The van der Waals surface area contributed by atoms with Crippen LogP contribution in [0.2, 0.25) is 0 Å². The lowest BCUT2D eigenvalue weighted by atomic mass is 10.0. The summed E-state index contributed by atoms with van der Waals surface area (Å²) in [5.41, 5.74) is 7.06. The van der Waals surface area contributed by atoms with Crippen LogP contribution in [0.15, 0.2) is 35.3 Å². The van der Waals surface area contributed by atoms with Crippen molar-refractivity contribution in [3.8, 4) is 0 Å². The van der Waals surface area contributed by atoms with Crippen molar-refractivity contribution in [2.24, 2.45) is 12.0 Å². The summed E-state index contributed by atoms with van der Waals surface area (Å²) in [5, 5.41) is 0. The van der Waals surface area contributed by atoms with E-state index in [2.05, 4.69) is 44.0 Å². The van der Waals surface area contributed by atoms with Crippen molar-refractivity contribution in [1.29, 1.82) is 0 Å². The van der Waals surface area contributed by atoms with Gasteiger partial charge < -0.3 is 4.57 Å². The third-order valence-electron chi connectivity index (χ3n) is 4.55. The molecule has 24 heavy (non-hydrogen) atoms. The van der Waals surface area contributed by atoms with E-state index >= 15 is 0 Å². The van der Waals surface area contributed by atoms with Gasteiger partial charge in [-0.05, 0) is 56.0 Å². The van der Waals surface area contributed by atoms with E-state index in [1.807, 2.05) is 30.7 Å². The fourth-order valence-corrected chi connectivity index (χ4v) is 4.08. The monoisotopic (exact) mass is 338 g/mol. The molecule has 0 N–H and O–H groups in total. The first-order chi connectivity index (χ1) is 11.4. The number of hydrogen-bond acceptors (Lipinski definition) is 2. The lowest BCUT2D eigenvalue weighted by Crippen LogP contribution is -2.15. The number of thiazole rings is 1. The van der Waals surface area contributed by atoms with Crippen molar-refractivity contribution in [2.45, 2.75) is 34.1 Å². The van der Waals surface area contributed by atoms with E-state index in [-0.39, 0.29) is 5.91 Å². The minimum Gasteiger partial charge on any atom is -0.319 e. The Morgan fingerprint density at radius 1 is 1.08 bits per heavy atom. The van der Waals surface area contributed by atoms with Gasteiger partial charge in [-0.25, -0.2) is 0 Å². The second kappa shape index (κ2) is 6.36. The van der Waals surface area contributed by atoms with Gasteiger partial charge in [0.1, 0.15) is 0 Å². The first-order valence-electron chi connectivity index (χ1n) is 8.06. The Labute approximate surface area is 146 Å². The maximum Gasteiger partial charge on any atom is 0.252 e. The normalized spacial score (nSPS) is 12.1. The highest BCUT2D eigenvalue weighted by Crippen LogP contribution is 2.23. The fourth-order valence-electron chi connectivity index (χ4n) is 2.99. The average molecular weight is 338 g/mol. The van der Waals surface area contributed by atoms with Crippen LogP contribution in [0.1, 0.15) is 27.8 Å². The summed E-state index contributed by atoms with van der Waals surface area (Å²) in [6, 6.07) is 10.4. The third-order valence-corrected chi connectivity index (χ3v) is 5.65. The van der Waals surface area contributed by atoms with Crippen LogP contribution in [0.5, 0.6) is 0 Å². The number of carbonyl (C=O) groups is 1. The van der Waals surface area contributed by atoms with Gasteiger partial charge in [-0.3, -0.25) is 4.79 Å². The first-order valence-corrected chi connectivity index (χ1v) is 8.88. The molecule has 0 saturated heterocycles. The molecule has 4 heteroatoms. The van der Waals surface area contributed by atoms with Gasteiger partial charge in [-0.2, -0.15) is 4.99 Å². The third kappa shape index (κ3) is 3.06. The lowest BCUT2D eigenvalue weighted by molar-refractivity contribution is -0.117. The molecule has 1 heterocycles. The van der Waals surface area contributed by atoms with Gasteiger partial charge in [-0.1, -0.05) is 41.2 Å². The molecule has 3 nitrogen and oxygen atoms in total. The molecule has 1 amide bonds. The van der Waals surface area contributed by atoms with Crippen LogP contribution in [0, 0.1) is 27.7 Å². The Kier molecular flexibility index (Phi) is 4.41. The van der Waals surface area contributed by atoms with Crippen molar-refractivity contribution >= 4 is 27.5 Å². The summed E-state index contributed by atoms with van der Waals surface area (Å²) in [7, 11) is 1.98. The fraction of sp³-hybridized carbons (Fsp3) is 0.300. The van der Waals surface area contributed by atoms with Crippen LogP contribution in [-0.2, 0) is 18.3 Å². The number of amides is 1. The second-order valence-electron chi connectivity index (χ2n) is 6.41. The molecule has 0 fully saturated rings. The van der Waals surface area contributed by atoms with Crippen LogP contribution in [0.25, 0.3) is 10.2 Å². The number of benzene rings is 2. The highest BCUT2D eigenvalue weighted by atomic mass is 32.1. The second-order valence-corrected chi connectivity index (χ2v) is 7.42. The van der Waals surface area contributed by atoms with Gasteiger partial charge in [0.25, 0.3) is 5.91 Å². The Balaban J connectivity index is 1.99. The van der Waals surface area contributed by atoms with E-state index in [1.54, 1.807) is 11.3 Å². The van der Waals surface area contributed by atoms with Gasteiger partial charge in [0.15, 0.2) is 4.80 Å². The molecule has 124 valence electrons. The van der Waals surface area contributed by atoms with E-state index in [0.29, 0.717) is 6.42 Å². The van der Waals surface area contributed by atoms with Gasteiger partial charge in [0, 0.05) is 7.05 Å². The predicted octanol–water partition coefficient (Wildman–Crippen LogP) is 4.14. The molecule has 2 aromatic carbocycles. The van der Waals surface area contributed by atoms with Crippen LogP contribution in [-0.4, -0.2) is 10.5 Å². The van der Waals surface area contributed by atoms with Gasteiger partial charge in [0.2, 0.25) is 0 Å². The quantitative estimate of drug-likeness (QED) is 0.691. The van der Waals surface area contributed by atoms with E-state index in [0.717, 1.165) is 21.4 Å². The summed E-state index contributed by atoms with van der Waals surface area (Å²) in [6.45, 7) is 8.33. The molecule has 0 aliphatic rings. The minimum atomic E-state index is -0.0986. The molecule has 0 atom stereocenters. The molecular weight excluding hydrogens is 316 g/mol. The summed E-state index contributed by atoms with van der Waals surface area (Å²) >= 11 is 1.57. The van der Waals surface area contributed by atoms with Crippen molar-refractivity contribution < 1.29 is 4.79 Å².